The van der Waals surface area contributed by atoms with Crippen LogP contribution in [0.2, 0.25) is 0 Å². The molecule has 0 amide bonds. The number of ether oxygens (including phenoxy) is 1. The van der Waals surface area contributed by atoms with Crippen molar-refractivity contribution in [3.8, 4) is 28.6 Å². The molecule has 0 fully saturated rings. The topological polar surface area (TPSA) is 79.9 Å². The average Bonchev–Trinajstić information content (AvgIpc) is 2.38. The third-order valence-corrected chi connectivity index (χ3v) is 3.37. The summed E-state index contributed by atoms with van der Waals surface area (Å²) >= 11 is 0. The molecule has 2 N–H and O–H groups in total. The van der Waals surface area contributed by atoms with E-state index in [0.29, 0.717) is 34.0 Å². The summed E-state index contributed by atoms with van der Waals surface area (Å²) in [6.45, 7) is 3.51. The lowest BCUT2D eigenvalue weighted by molar-refractivity contribution is 0.289. The number of aromatic hydroxyl groups is 2. The van der Waals surface area contributed by atoms with Crippen molar-refractivity contribution in [2.45, 2.75) is 20.5 Å². The van der Waals surface area contributed by atoms with Gasteiger partial charge in [0.25, 0.3) is 0 Å². The Morgan fingerprint density at radius 3 is 2.58 bits per heavy atom. The Kier molecular flexibility index (Phi) is 2.32. The first-order valence-corrected chi connectivity index (χ1v) is 5.81. The number of phenolic OH excluding ortho intramolecular Hbond substituents is 2. The number of benzene rings is 1. The van der Waals surface area contributed by atoms with Crippen LogP contribution in [0.5, 0.6) is 17.2 Å². The molecule has 0 radical (unpaired) electrons. The second kappa shape index (κ2) is 3.78. The van der Waals surface area contributed by atoms with E-state index in [1.54, 1.807) is 13.8 Å². The van der Waals surface area contributed by atoms with Gasteiger partial charge in [-0.15, -0.1) is 0 Å². The Morgan fingerprint density at radius 1 is 1.16 bits per heavy atom. The van der Waals surface area contributed by atoms with Gasteiger partial charge in [0.05, 0.1) is 11.1 Å². The second-order valence-electron chi connectivity index (χ2n) is 4.55. The molecule has 0 unspecified atom stereocenters. The number of rotatable bonds is 0. The molecule has 0 saturated carbocycles. The van der Waals surface area contributed by atoms with Crippen LogP contribution in [0.3, 0.4) is 0 Å². The van der Waals surface area contributed by atoms with Gasteiger partial charge in [0, 0.05) is 11.6 Å². The first kappa shape index (κ1) is 11.6. The Hall–Kier alpha value is -2.43. The quantitative estimate of drug-likeness (QED) is 0.710. The van der Waals surface area contributed by atoms with E-state index in [1.165, 1.54) is 12.1 Å². The predicted octanol–water partition coefficient (Wildman–Crippen LogP) is 2.23. The van der Waals surface area contributed by atoms with Crippen molar-refractivity contribution in [3.05, 3.63) is 39.2 Å². The van der Waals surface area contributed by atoms with Crippen molar-refractivity contribution >= 4 is 0 Å². The fourth-order valence-electron chi connectivity index (χ4n) is 2.13. The number of hydrogen-bond acceptors (Lipinski definition) is 5. The molecule has 0 atom stereocenters. The minimum absolute atomic E-state index is 0.0933. The van der Waals surface area contributed by atoms with Crippen molar-refractivity contribution < 1.29 is 19.4 Å². The summed E-state index contributed by atoms with van der Waals surface area (Å²) in [5.41, 5.74) is 1.34. The zero-order chi connectivity index (χ0) is 13.7. The molecule has 98 valence electrons. The molecule has 1 aliphatic heterocycles. The van der Waals surface area contributed by atoms with Gasteiger partial charge in [-0.1, -0.05) is 0 Å². The Morgan fingerprint density at radius 2 is 1.84 bits per heavy atom. The lowest BCUT2D eigenvalue weighted by Gasteiger charge is -2.20. The van der Waals surface area contributed by atoms with Crippen molar-refractivity contribution in [3.63, 3.8) is 0 Å². The monoisotopic (exact) mass is 260 g/mol. The molecule has 2 heterocycles. The molecule has 0 aliphatic carbocycles. The second-order valence-corrected chi connectivity index (χ2v) is 4.55. The van der Waals surface area contributed by atoms with Crippen molar-refractivity contribution in [1.82, 2.24) is 0 Å². The minimum atomic E-state index is -0.281. The van der Waals surface area contributed by atoms with E-state index in [1.807, 2.05) is 0 Å². The summed E-state index contributed by atoms with van der Waals surface area (Å²) in [7, 11) is 0. The molecule has 5 heteroatoms. The molecular weight excluding hydrogens is 248 g/mol. The molecule has 0 saturated heterocycles. The normalized spacial score (nSPS) is 12.5. The molecule has 2 aromatic rings. The predicted molar refractivity (Wildman–Crippen MR) is 67.5 cm³/mol. The maximum atomic E-state index is 12.1. The molecule has 1 aromatic heterocycles. The standard InChI is InChI=1S/C14H12O5/c1-6-7(2)19-14-8-3-10(15)11(16)4-12(8)18-5-9(14)13(6)17/h3-4,15-16H,5H2,1-2H3. The maximum absolute atomic E-state index is 12.1. The lowest BCUT2D eigenvalue weighted by Crippen LogP contribution is -2.19. The van der Waals surface area contributed by atoms with Crippen molar-refractivity contribution in [2.24, 2.45) is 0 Å². The summed E-state index contributed by atoms with van der Waals surface area (Å²) in [5.74, 6) is 0.757. The van der Waals surface area contributed by atoms with E-state index in [-0.39, 0.29) is 23.5 Å². The van der Waals surface area contributed by atoms with Gasteiger partial charge in [-0.3, -0.25) is 4.79 Å². The zero-order valence-electron chi connectivity index (χ0n) is 10.5. The average molecular weight is 260 g/mol. The molecule has 1 aromatic carbocycles. The molecule has 5 nitrogen and oxygen atoms in total. The van der Waals surface area contributed by atoms with Crippen LogP contribution in [0.25, 0.3) is 11.3 Å². The van der Waals surface area contributed by atoms with E-state index in [2.05, 4.69) is 0 Å². The fourth-order valence-corrected chi connectivity index (χ4v) is 2.13. The van der Waals surface area contributed by atoms with Crippen LogP contribution < -0.4 is 10.2 Å². The summed E-state index contributed by atoms with van der Waals surface area (Å²) < 4.78 is 11.1. The van der Waals surface area contributed by atoms with Crippen LogP contribution in [-0.2, 0) is 6.61 Å². The smallest absolute Gasteiger partial charge is 0.195 e. The van der Waals surface area contributed by atoms with Crippen LogP contribution in [-0.4, -0.2) is 10.2 Å². The molecule has 0 bridgehead atoms. The van der Waals surface area contributed by atoms with Crippen molar-refractivity contribution in [2.75, 3.05) is 0 Å². The summed E-state index contributed by atoms with van der Waals surface area (Å²) in [4.78, 5) is 12.1. The summed E-state index contributed by atoms with van der Waals surface area (Å²) in [6, 6.07) is 2.64. The number of phenols is 2. The zero-order valence-corrected chi connectivity index (χ0v) is 10.5. The van der Waals surface area contributed by atoms with Gasteiger partial charge >= 0.3 is 0 Å². The highest BCUT2D eigenvalue weighted by molar-refractivity contribution is 5.74. The van der Waals surface area contributed by atoms with E-state index < -0.39 is 0 Å². The summed E-state index contributed by atoms with van der Waals surface area (Å²) in [5, 5.41) is 19.0. The van der Waals surface area contributed by atoms with E-state index >= 15 is 0 Å². The van der Waals surface area contributed by atoms with Crippen LogP contribution in [0, 0.1) is 13.8 Å². The highest BCUT2D eigenvalue weighted by atomic mass is 16.5. The third kappa shape index (κ3) is 1.58. The molecule has 1 aliphatic rings. The first-order valence-electron chi connectivity index (χ1n) is 5.81. The van der Waals surface area contributed by atoms with Gasteiger partial charge in [-0.25, -0.2) is 0 Å². The number of aryl methyl sites for hydroxylation is 1. The summed E-state index contributed by atoms with van der Waals surface area (Å²) in [6.07, 6.45) is 0. The van der Waals surface area contributed by atoms with Gasteiger partial charge in [0.2, 0.25) is 0 Å². The highest BCUT2D eigenvalue weighted by Crippen LogP contribution is 2.42. The van der Waals surface area contributed by atoms with Gasteiger partial charge in [0.1, 0.15) is 23.9 Å². The van der Waals surface area contributed by atoms with Crippen LogP contribution in [0.1, 0.15) is 16.9 Å². The molecule has 19 heavy (non-hydrogen) atoms. The van der Waals surface area contributed by atoms with E-state index in [0.717, 1.165) is 0 Å². The van der Waals surface area contributed by atoms with Gasteiger partial charge in [-0.05, 0) is 19.9 Å². The van der Waals surface area contributed by atoms with Gasteiger partial charge in [0.15, 0.2) is 16.9 Å². The van der Waals surface area contributed by atoms with Crippen LogP contribution >= 0.6 is 0 Å². The van der Waals surface area contributed by atoms with Gasteiger partial charge < -0.3 is 19.4 Å². The van der Waals surface area contributed by atoms with Crippen LogP contribution in [0.15, 0.2) is 21.3 Å². The van der Waals surface area contributed by atoms with E-state index in [9.17, 15) is 15.0 Å². The first-order chi connectivity index (χ1) is 8.99. The fraction of sp³-hybridized carbons (Fsp3) is 0.214. The lowest BCUT2D eigenvalue weighted by atomic mass is 10.0. The largest absolute Gasteiger partial charge is 0.504 e. The molecule has 0 spiro atoms. The van der Waals surface area contributed by atoms with Crippen molar-refractivity contribution in [1.29, 1.82) is 0 Å². The minimum Gasteiger partial charge on any atom is -0.504 e. The highest BCUT2D eigenvalue weighted by Gasteiger charge is 2.25. The Bertz CT molecular complexity index is 742. The Labute approximate surface area is 108 Å². The third-order valence-electron chi connectivity index (χ3n) is 3.37. The van der Waals surface area contributed by atoms with Gasteiger partial charge in [-0.2, -0.15) is 0 Å². The number of fused-ring (bicyclic) bond motifs is 3. The van der Waals surface area contributed by atoms with Crippen LogP contribution in [0.4, 0.5) is 0 Å². The number of hydrogen-bond donors (Lipinski definition) is 2. The van der Waals surface area contributed by atoms with E-state index in [4.69, 9.17) is 9.15 Å². The Balaban J connectivity index is 2.36. The SMILES string of the molecule is Cc1oc2c(c(=O)c1C)COc1cc(O)c(O)cc1-2. The molecule has 3 rings (SSSR count). The maximum Gasteiger partial charge on any atom is 0.195 e. The molecular formula is C14H12O5.